The molecule has 0 aromatic rings. The zero-order chi connectivity index (χ0) is 9.72. The molecule has 0 fully saturated rings. The van der Waals surface area contributed by atoms with Gasteiger partial charge in [-0.25, -0.2) is 0 Å². The fourth-order valence-electron chi connectivity index (χ4n) is 0.632. The number of esters is 1. The lowest BCUT2D eigenvalue weighted by atomic mass is 10.1. The first kappa shape index (κ1) is 11.4. The predicted octanol–water partition coefficient (Wildman–Crippen LogP) is 1.31. The molecular formula is C9H19NO2. The molecule has 72 valence electrons. The highest BCUT2D eigenvalue weighted by atomic mass is 16.5. The Labute approximate surface area is 74.3 Å². The topological polar surface area (TPSA) is 52.3 Å². The Morgan fingerprint density at radius 3 is 2.25 bits per heavy atom. The van der Waals surface area contributed by atoms with E-state index in [1.165, 1.54) is 0 Å². The number of hydrogen-bond donors (Lipinski definition) is 1. The van der Waals surface area contributed by atoms with Crippen LogP contribution in [0.1, 0.15) is 34.1 Å². The van der Waals surface area contributed by atoms with Crippen LogP contribution < -0.4 is 5.73 Å². The van der Waals surface area contributed by atoms with E-state index in [0.717, 1.165) is 6.42 Å². The average molecular weight is 173 g/mol. The van der Waals surface area contributed by atoms with Gasteiger partial charge in [-0.3, -0.25) is 4.79 Å². The Morgan fingerprint density at radius 2 is 1.92 bits per heavy atom. The van der Waals surface area contributed by atoms with Crippen LogP contribution >= 0.6 is 0 Å². The zero-order valence-corrected chi connectivity index (χ0v) is 8.33. The summed E-state index contributed by atoms with van der Waals surface area (Å²) >= 11 is 0. The Kier molecular flexibility index (Phi) is 4.90. The van der Waals surface area contributed by atoms with E-state index in [1.54, 1.807) is 0 Å². The lowest BCUT2D eigenvalue weighted by molar-refractivity contribution is -0.151. The van der Waals surface area contributed by atoms with Crippen LogP contribution in [0, 0.1) is 5.92 Å². The fourth-order valence-corrected chi connectivity index (χ4v) is 0.632. The van der Waals surface area contributed by atoms with E-state index < -0.39 is 6.04 Å². The van der Waals surface area contributed by atoms with E-state index in [2.05, 4.69) is 0 Å². The fraction of sp³-hybridized carbons (Fsp3) is 0.889. The van der Waals surface area contributed by atoms with Gasteiger partial charge in [0.25, 0.3) is 0 Å². The monoisotopic (exact) mass is 173 g/mol. The van der Waals surface area contributed by atoms with Crippen LogP contribution in [-0.2, 0) is 9.53 Å². The third kappa shape index (κ3) is 3.72. The largest absolute Gasteiger partial charge is 0.462 e. The third-order valence-electron chi connectivity index (χ3n) is 1.88. The highest BCUT2D eigenvalue weighted by Crippen LogP contribution is 2.04. The number of carbonyl (C=O) groups excluding carboxylic acids is 1. The molecule has 3 heteroatoms. The van der Waals surface area contributed by atoms with Crippen molar-refractivity contribution in [3.8, 4) is 0 Å². The Hall–Kier alpha value is -0.570. The average Bonchev–Trinajstić information content (AvgIpc) is 2.02. The first-order chi connectivity index (χ1) is 5.49. The molecule has 0 aliphatic rings. The van der Waals surface area contributed by atoms with Crippen molar-refractivity contribution < 1.29 is 9.53 Å². The van der Waals surface area contributed by atoms with Crippen LogP contribution in [0.25, 0.3) is 0 Å². The Morgan fingerprint density at radius 1 is 1.42 bits per heavy atom. The maximum atomic E-state index is 11.2. The minimum absolute atomic E-state index is 0.0256. The summed E-state index contributed by atoms with van der Waals surface area (Å²) in [6.45, 7) is 7.65. The van der Waals surface area contributed by atoms with Gasteiger partial charge < -0.3 is 10.5 Å². The summed E-state index contributed by atoms with van der Waals surface area (Å²) in [5.41, 5.74) is 5.59. The smallest absolute Gasteiger partial charge is 0.323 e. The molecule has 12 heavy (non-hydrogen) atoms. The van der Waals surface area contributed by atoms with Crippen LogP contribution in [-0.4, -0.2) is 18.1 Å². The summed E-state index contributed by atoms with van der Waals surface area (Å²) in [5.74, 6) is -0.152. The summed E-state index contributed by atoms with van der Waals surface area (Å²) < 4.78 is 5.06. The van der Waals surface area contributed by atoms with Crippen LogP contribution in [0.2, 0.25) is 0 Å². The predicted molar refractivity (Wildman–Crippen MR) is 48.7 cm³/mol. The lowest BCUT2D eigenvalue weighted by Gasteiger charge is -2.17. The van der Waals surface area contributed by atoms with Crippen molar-refractivity contribution >= 4 is 5.97 Å². The van der Waals surface area contributed by atoms with Gasteiger partial charge in [0.1, 0.15) is 6.04 Å². The van der Waals surface area contributed by atoms with E-state index in [1.807, 2.05) is 27.7 Å². The van der Waals surface area contributed by atoms with Crippen LogP contribution in [0.15, 0.2) is 0 Å². The van der Waals surface area contributed by atoms with Gasteiger partial charge >= 0.3 is 5.97 Å². The number of ether oxygens (including phenoxy) is 1. The van der Waals surface area contributed by atoms with E-state index in [4.69, 9.17) is 10.5 Å². The SMILES string of the molecule is CC[C@@H](C)OC(=O)C(N)C(C)C. The van der Waals surface area contributed by atoms with Crippen molar-refractivity contribution in [2.24, 2.45) is 11.7 Å². The van der Waals surface area contributed by atoms with Gasteiger partial charge in [0.05, 0.1) is 6.10 Å². The van der Waals surface area contributed by atoms with Gasteiger partial charge in [-0.1, -0.05) is 20.8 Å². The quantitative estimate of drug-likeness (QED) is 0.652. The molecule has 0 aliphatic heterocycles. The van der Waals surface area contributed by atoms with E-state index >= 15 is 0 Å². The third-order valence-corrected chi connectivity index (χ3v) is 1.88. The summed E-state index contributed by atoms with van der Waals surface area (Å²) in [6.07, 6.45) is 0.804. The van der Waals surface area contributed by atoms with Gasteiger partial charge in [0, 0.05) is 0 Å². The maximum Gasteiger partial charge on any atom is 0.323 e. The first-order valence-electron chi connectivity index (χ1n) is 4.45. The zero-order valence-electron chi connectivity index (χ0n) is 8.33. The second-order valence-corrected chi connectivity index (χ2v) is 3.43. The molecule has 1 unspecified atom stereocenters. The lowest BCUT2D eigenvalue weighted by Crippen LogP contribution is -2.38. The van der Waals surface area contributed by atoms with Gasteiger partial charge in [0.2, 0.25) is 0 Å². The van der Waals surface area contributed by atoms with Crippen molar-refractivity contribution in [1.29, 1.82) is 0 Å². The Balaban J connectivity index is 3.87. The van der Waals surface area contributed by atoms with Crippen LogP contribution in [0.5, 0.6) is 0 Å². The molecule has 0 saturated heterocycles. The molecule has 0 amide bonds. The minimum Gasteiger partial charge on any atom is -0.462 e. The van der Waals surface area contributed by atoms with Gasteiger partial charge in [-0.15, -0.1) is 0 Å². The molecule has 2 N–H and O–H groups in total. The molecule has 0 aromatic carbocycles. The molecule has 2 atom stereocenters. The van der Waals surface area contributed by atoms with E-state index in [-0.39, 0.29) is 18.0 Å². The molecule has 0 rings (SSSR count). The standard InChI is InChI=1S/C9H19NO2/c1-5-7(4)12-9(11)8(10)6(2)3/h6-8H,5,10H2,1-4H3/t7-,8?/m1/s1. The molecule has 0 bridgehead atoms. The van der Waals surface area contributed by atoms with Crippen molar-refractivity contribution in [3.05, 3.63) is 0 Å². The second kappa shape index (κ2) is 5.14. The molecule has 0 heterocycles. The van der Waals surface area contributed by atoms with Gasteiger partial charge in [0.15, 0.2) is 0 Å². The Bertz CT molecular complexity index is 145. The summed E-state index contributed by atoms with van der Waals surface area (Å²) in [4.78, 5) is 11.2. The molecule has 0 radical (unpaired) electrons. The second-order valence-electron chi connectivity index (χ2n) is 3.43. The van der Waals surface area contributed by atoms with E-state index in [0.29, 0.717) is 0 Å². The van der Waals surface area contributed by atoms with Crippen molar-refractivity contribution in [2.45, 2.75) is 46.3 Å². The first-order valence-corrected chi connectivity index (χ1v) is 4.45. The highest BCUT2D eigenvalue weighted by Gasteiger charge is 2.19. The minimum atomic E-state index is -0.487. The van der Waals surface area contributed by atoms with Gasteiger partial charge in [-0.2, -0.15) is 0 Å². The summed E-state index contributed by atoms with van der Waals surface area (Å²) in [6, 6.07) is -0.487. The molecular weight excluding hydrogens is 154 g/mol. The van der Waals surface area contributed by atoms with Crippen molar-refractivity contribution in [1.82, 2.24) is 0 Å². The number of nitrogens with two attached hydrogens (primary N) is 1. The summed E-state index contributed by atoms with van der Waals surface area (Å²) in [7, 11) is 0. The van der Waals surface area contributed by atoms with Crippen LogP contribution in [0.4, 0.5) is 0 Å². The van der Waals surface area contributed by atoms with E-state index in [9.17, 15) is 4.79 Å². The summed E-state index contributed by atoms with van der Waals surface area (Å²) in [5, 5.41) is 0. The van der Waals surface area contributed by atoms with Gasteiger partial charge in [-0.05, 0) is 19.3 Å². The maximum absolute atomic E-state index is 11.2. The number of rotatable bonds is 4. The molecule has 0 spiro atoms. The highest BCUT2D eigenvalue weighted by molar-refractivity contribution is 5.75. The normalized spacial score (nSPS) is 15.8. The molecule has 0 saturated carbocycles. The van der Waals surface area contributed by atoms with Crippen molar-refractivity contribution in [3.63, 3.8) is 0 Å². The molecule has 0 aliphatic carbocycles. The number of carbonyl (C=O) groups is 1. The number of hydrogen-bond acceptors (Lipinski definition) is 3. The van der Waals surface area contributed by atoms with Crippen molar-refractivity contribution in [2.75, 3.05) is 0 Å². The van der Waals surface area contributed by atoms with Crippen LogP contribution in [0.3, 0.4) is 0 Å². The molecule has 3 nitrogen and oxygen atoms in total. The molecule has 0 aromatic heterocycles.